The van der Waals surface area contributed by atoms with Crippen LogP contribution in [0, 0.1) is 0 Å². The van der Waals surface area contributed by atoms with E-state index in [0.717, 1.165) is 50.7 Å². The van der Waals surface area contributed by atoms with Crippen LogP contribution in [0.2, 0.25) is 0 Å². The monoisotopic (exact) mass is 396 g/mol. The van der Waals surface area contributed by atoms with Crippen LogP contribution in [-0.4, -0.2) is 33.8 Å². The first-order valence-corrected chi connectivity index (χ1v) is 10.7. The molecule has 0 aliphatic carbocycles. The molecule has 7 heteroatoms. The van der Waals surface area contributed by atoms with Gasteiger partial charge in [0.05, 0.1) is 6.54 Å². The molecule has 0 bridgehead atoms. The summed E-state index contributed by atoms with van der Waals surface area (Å²) in [6.45, 7) is 5.27. The highest BCUT2D eigenvalue weighted by atomic mass is 32.1. The fourth-order valence-corrected chi connectivity index (χ4v) is 3.54. The fraction of sp³-hybridized carbons (Fsp3) is 0.381. The second kappa shape index (κ2) is 11.2. The van der Waals surface area contributed by atoms with Crippen LogP contribution >= 0.6 is 11.3 Å². The molecule has 0 saturated heterocycles. The molecule has 0 fully saturated rings. The van der Waals surface area contributed by atoms with Crippen LogP contribution in [0.3, 0.4) is 0 Å². The lowest BCUT2D eigenvalue weighted by Crippen LogP contribution is -2.39. The highest BCUT2D eigenvalue weighted by molar-refractivity contribution is 7.09. The topological polar surface area (TPSA) is 67.1 Å². The molecular formula is C21H28N6S. The van der Waals surface area contributed by atoms with Crippen molar-refractivity contribution < 1.29 is 0 Å². The molecule has 3 aromatic rings. The molecule has 0 amide bonds. The SMILES string of the molecule is CCc1nncn1CCNC(=NCc1cccs1)NCCCc1ccccc1. The third-order valence-corrected chi connectivity index (χ3v) is 5.27. The summed E-state index contributed by atoms with van der Waals surface area (Å²) in [6.07, 6.45) is 4.80. The molecule has 28 heavy (non-hydrogen) atoms. The summed E-state index contributed by atoms with van der Waals surface area (Å²) >= 11 is 1.73. The van der Waals surface area contributed by atoms with Gasteiger partial charge in [-0.2, -0.15) is 0 Å². The number of aryl methyl sites for hydroxylation is 2. The Morgan fingerprint density at radius 1 is 1.11 bits per heavy atom. The van der Waals surface area contributed by atoms with Gasteiger partial charge in [-0.05, 0) is 29.9 Å². The van der Waals surface area contributed by atoms with Crippen molar-refractivity contribution in [1.82, 2.24) is 25.4 Å². The molecule has 0 unspecified atom stereocenters. The Bertz CT molecular complexity index is 826. The van der Waals surface area contributed by atoms with E-state index in [1.54, 1.807) is 17.7 Å². The number of aliphatic imine (C=N–C) groups is 1. The second-order valence-electron chi connectivity index (χ2n) is 6.48. The molecule has 0 spiro atoms. The van der Waals surface area contributed by atoms with Crippen molar-refractivity contribution >= 4 is 17.3 Å². The summed E-state index contributed by atoms with van der Waals surface area (Å²) in [4.78, 5) is 6.00. The summed E-state index contributed by atoms with van der Waals surface area (Å²) in [5, 5.41) is 17.1. The van der Waals surface area contributed by atoms with E-state index in [4.69, 9.17) is 4.99 Å². The third-order valence-electron chi connectivity index (χ3n) is 4.41. The number of aromatic nitrogens is 3. The van der Waals surface area contributed by atoms with E-state index in [9.17, 15) is 0 Å². The van der Waals surface area contributed by atoms with E-state index in [1.165, 1.54) is 10.4 Å². The van der Waals surface area contributed by atoms with Crippen molar-refractivity contribution in [3.63, 3.8) is 0 Å². The van der Waals surface area contributed by atoms with Gasteiger partial charge in [0.2, 0.25) is 0 Å². The molecule has 148 valence electrons. The van der Waals surface area contributed by atoms with Gasteiger partial charge in [-0.15, -0.1) is 21.5 Å². The molecular weight excluding hydrogens is 368 g/mol. The molecule has 2 N–H and O–H groups in total. The lowest BCUT2D eigenvalue weighted by molar-refractivity contribution is 0.629. The summed E-state index contributed by atoms with van der Waals surface area (Å²) in [6, 6.07) is 14.8. The maximum Gasteiger partial charge on any atom is 0.191 e. The lowest BCUT2D eigenvalue weighted by atomic mass is 10.1. The smallest absolute Gasteiger partial charge is 0.191 e. The molecule has 3 rings (SSSR count). The van der Waals surface area contributed by atoms with Crippen LogP contribution in [0.15, 0.2) is 59.2 Å². The molecule has 2 heterocycles. The molecule has 0 saturated carbocycles. The Hall–Kier alpha value is -2.67. The molecule has 0 atom stereocenters. The minimum atomic E-state index is 0.693. The van der Waals surface area contributed by atoms with Gasteiger partial charge >= 0.3 is 0 Å². The Balaban J connectivity index is 1.48. The molecule has 0 aliphatic rings. The van der Waals surface area contributed by atoms with Gasteiger partial charge in [0.25, 0.3) is 0 Å². The van der Waals surface area contributed by atoms with Gasteiger partial charge in [-0.3, -0.25) is 0 Å². The zero-order chi connectivity index (χ0) is 19.4. The summed E-state index contributed by atoms with van der Waals surface area (Å²) in [7, 11) is 0. The second-order valence-corrected chi connectivity index (χ2v) is 7.51. The Morgan fingerprint density at radius 3 is 2.75 bits per heavy atom. The molecule has 1 aromatic carbocycles. The van der Waals surface area contributed by atoms with Crippen LogP contribution in [0.5, 0.6) is 0 Å². The first-order chi connectivity index (χ1) is 13.8. The van der Waals surface area contributed by atoms with E-state index >= 15 is 0 Å². The van der Waals surface area contributed by atoms with Gasteiger partial charge in [-0.1, -0.05) is 43.3 Å². The average Bonchev–Trinajstić information content (AvgIpc) is 3.41. The van der Waals surface area contributed by atoms with Gasteiger partial charge < -0.3 is 15.2 Å². The summed E-state index contributed by atoms with van der Waals surface area (Å²) < 4.78 is 2.08. The van der Waals surface area contributed by atoms with E-state index in [1.807, 2.05) is 0 Å². The van der Waals surface area contributed by atoms with Gasteiger partial charge in [-0.25, -0.2) is 4.99 Å². The van der Waals surface area contributed by atoms with E-state index < -0.39 is 0 Å². The Morgan fingerprint density at radius 2 is 1.96 bits per heavy atom. The van der Waals surface area contributed by atoms with Crippen molar-refractivity contribution in [2.24, 2.45) is 4.99 Å². The maximum atomic E-state index is 4.74. The van der Waals surface area contributed by atoms with Gasteiger partial charge in [0.15, 0.2) is 5.96 Å². The number of thiophene rings is 1. The van der Waals surface area contributed by atoms with Crippen molar-refractivity contribution in [2.75, 3.05) is 13.1 Å². The van der Waals surface area contributed by atoms with E-state index in [-0.39, 0.29) is 0 Å². The number of rotatable bonds is 10. The minimum absolute atomic E-state index is 0.693. The Kier molecular flexibility index (Phi) is 8.06. The van der Waals surface area contributed by atoms with Crippen LogP contribution in [0.25, 0.3) is 0 Å². The molecule has 2 aromatic heterocycles. The largest absolute Gasteiger partial charge is 0.356 e. The predicted octanol–water partition coefficient (Wildman–Crippen LogP) is 3.27. The first-order valence-electron chi connectivity index (χ1n) is 9.80. The van der Waals surface area contributed by atoms with Crippen molar-refractivity contribution in [2.45, 2.75) is 39.3 Å². The number of nitrogens with one attached hydrogen (secondary N) is 2. The van der Waals surface area contributed by atoms with Crippen LogP contribution in [-0.2, 0) is 25.9 Å². The van der Waals surface area contributed by atoms with Crippen LogP contribution in [0.1, 0.15) is 29.6 Å². The fourth-order valence-electron chi connectivity index (χ4n) is 2.91. The van der Waals surface area contributed by atoms with Crippen molar-refractivity contribution in [3.05, 3.63) is 70.4 Å². The van der Waals surface area contributed by atoms with Crippen molar-refractivity contribution in [3.8, 4) is 0 Å². The Labute approximate surface area is 170 Å². The summed E-state index contributed by atoms with van der Waals surface area (Å²) in [5.74, 6) is 1.86. The van der Waals surface area contributed by atoms with Crippen LogP contribution in [0.4, 0.5) is 0 Å². The van der Waals surface area contributed by atoms with Crippen LogP contribution < -0.4 is 10.6 Å². The quantitative estimate of drug-likeness (QED) is 0.314. The maximum absolute atomic E-state index is 4.74. The van der Waals surface area contributed by atoms with Gasteiger partial charge in [0, 0.05) is 30.9 Å². The third kappa shape index (κ3) is 6.49. The van der Waals surface area contributed by atoms with Gasteiger partial charge in [0.1, 0.15) is 12.2 Å². The number of guanidine groups is 1. The first kappa shape index (κ1) is 20.1. The standard InChI is InChI=1S/C21H28N6S/c1-2-20-26-25-17-27(20)14-13-23-21(24-16-19-11-7-15-28-19)22-12-6-10-18-8-4-3-5-9-18/h3-5,7-9,11,15,17H,2,6,10,12-14,16H2,1H3,(H2,22,23,24). The normalized spacial score (nSPS) is 11.5. The number of benzene rings is 1. The number of hydrogen-bond acceptors (Lipinski definition) is 4. The number of hydrogen-bond donors (Lipinski definition) is 2. The van der Waals surface area contributed by atoms with E-state index in [2.05, 4.69) is 80.2 Å². The zero-order valence-corrected chi connectivity index (χ0v) is 17.2. The average molecular weight is 397 g/mol. The lowest BCUT2D eigenvalue weighted by Gasteiger charge is -2.13. The highest BCUT2D eigenvalue weighted by Gasteiger charge is 2.03. The molecule has 0 aliphatic heterocycles. The van der Waals surface area contributed by atoms with E-state index in [0.29, 0.717) is 6.54 Å². The highest BCUT2D eigenvalue weighted by Crippen LogP contribution is 2.09. The molecule has 6 nitrogen and oxygen atoms in total. The molecule has 0 radical (unpaired) electrons. The number of nitrogens with zero attached hydrogens (tertiary/aromatic N) is 4. The predicted molar refractivity (Wildman–Crippen MR) is 116 cm³/mol. The van der Waals surface area contributed by atoms with Crippen molar-refractivity contribution in [1.29, 1.82) is 0 Å². The summed E-state index contributed by atoms with van der Waals surface area (Å²) in [5.41, 5.74) is 1.37. The minimum Gasteiger partial charge on any atom is -0.356 e. The zero-order valence-electron chi connectivity index (χ0n) is 16.3.